The predicted molar refractivity (Wildman–Crippen MR) is 64.0 cm³/mol. The van der Waals surface area contributed by atoms with Gasteiger partial charge in [-0.1, -0.05) is 18.2 Å². The molecule has 3 heteroatoms. The lowest BCUT2D eigenvalue weighted by Crippen LogP contribution is -2.12. The summed E-state index contributed by atoms with van der Waals surface area (Å²) in [5.41, 5.74) is 2.82. The van der Waals surface area contributed by atoms with E-state index >= 15 is 0 Å². The molecule has 3 nitrogen and oxygen atoms in total. The number of Topliss-reactive ketones (excluding diaryl/α,β-unsaturated/α-hetero) is 1. The molecule has 2 rings (SSSR count). The lowest BCUT2D eigenvalue weighted by molar-refractivity contribution is -0.142. The van der Waals surface area contributed by atoms with E-state index in [1.807, 2.05) is 18.2 Å². The van der Waals surface area contributed by atoms with Crippen LogP contribution in [-0.2, 0) is 22.4 Å². The Bertz CT molecular complexity index is 449. The van der Waals surface area contributed by atoms with Crippen LogP contribution in [0.2, 0.25) is 0 Å². The Morgan fingerprint density at radius 3 is 2.94 bits per heavy atom. The molecule has 0 spiro atoms. The molecule has 0 atom stereocenters. The largest absolute Gasteiger partial charge is 0.466 e. The number of ether oxygens (including phenoxy) is 1. The minimum absolute atomic E-state index is 0.213. The van der Waals surface area contributed by atoms with Gasteiger partial charge in [-0.05, 0) is 30.9 Å². The maximum Gasteiger partial charge on any atom is 0.310 e. The number of aryl methyl sites for hydroxylation is 1. The van der Waals surface area contributed by atoms with Crippen LogP contribution in [0.4, 0.5) is 0 Å². The van der Waals surface area contributed by atoms with Gasteiger partial charge in [-0.3, -0.25) is 9.59 Å². The fourth-order valence-electron chi connectivity index (χ4n) is 2.19. The Kier molecular flexibility index (Phi) is 3.57. The van der Waals surface area contributed by atoms with E-state index in [1.165, 1.54) is 0 Å². The molecule has 0 saturated heterocycles. The van der Waals surface area contributed by atoms with Gasteiger partial charge in [0.05, 0.1) is 13.0 Å². The molecule has 0 bridgehead atoms. The van der Waals surface area contributed by atoms with Gasteiger partial charge in [0.1, 0.15) is 0 Å². The first-order chi connectivity index (χ1) is 8.20. The Morgan fingerprint density at radius 2 is 2.18 bits per heavy atom. The number of hydrogen-bond donors (Lipinski definition) is 0. The maximum atomic E-state index is 11.6. The van der Waals surface area contributed by atoms with Crippen molar-refractivity contribution in [1.82, 2.24) is 0 Å². The molecule has 0 heterocycles. The highest BCUT2D eigenvalue weighted by Crippen LogP contribution is 2.22. The summed E-state index contributed by atoms with van der Waals surface area (Å²) in [4.78, 5) is 23.0. The van der Waals surface area contributed by atoms with Crippen LogP contribution in [0.3, 0.4) is 0 Å². The topological polar surface area (TPSA) is 43.4 Å². The molecule has 0 aliphatic heterocycles. The van der Waals surface area contributed by atoms with Gasteiger partial charge < -0.3 is 4.74 Å². The number of hydrogen-bond acceptors (Lipinski definition) is 3. The number of ketones is 1. The second-order valence-corrected chi connectivity index (χ2v) is 4.25. The molecule has 0 amide bonds. The van der Waals surface area contributed by atoms with E-state index in [0.717, 1.165) is 29.5 Å². The number of fused-ring (bicyclic) bond motifs is 1. The smallest absolute Gasteiger partial charge is 0.310 e. The zero-order valence-corrected chi connectivity index (χ0v) is 9.99. The summed E-state index contributed by atoms with van der Waals surface area (Å²) in [5.74, 6) is 0.00326. The molecule has 17 heavy (non-hydrogen) atoms. The molecule has 0 saturated carbocycles. The van der Waals surface area contributed by atoms with E-state index in [0.29, 0.717) is 13.0 Å². The van der Waals surface area contributed by atoms with Crippen LogP contribution >= 0.6 is 0 Å². The molecule has 1 aromatic rings. The molecule has 0 N–H and O–H groups in total. The first-order valence-corrected chi connectivity index (χ1v) is 6.01. The normalized spacial score (nSPS) is 14.3. The SMILES string of the molecule is CCOC(=O)Cc1ccc2c(c1)CCCC2=O. The van der Waals surface area contributed by atoms with Gasteiger partial charge in [0.2, 0.25) is 0 Å². The van der Waals surface area contributed by atoms with Crippen LogP contribution in [0.5, 0.6) is 0 Å². The van der Waals surface area contributed by atoms with Crippen LogP contribution < -0.4 is 0 Å². The number of rotatable bonds is 3. The number of esters is 1. The number of carbonyl (C=O) groups excluding carboxylic acids is 2. The van der Waals surface area contributed by atoms with E-state index < -0.39 is 0 Å². The van der Waals surface area contributed by atoms with Crippen molar-refractivity contribution in [3.8, 4) is 0 Å². The van der Waals surface area contributed by atoms with E-state index in [9.17, 15) is 9.59 Å². The van der Waals surface area contributed by atoms with Crippen molar-refractivity contribution in [2.24, 2.45) is 0 Å². The average molecular weight is 232 g/mol. The zero-order chi connectivity index (χ0) is 12.3. The van der Waals surface area contributed by atoms with Gasteiger partial charge in [0, 0.05) is 12.0 Å². The summed E-state index contributed by atoms with van der Waals surface area (Å²) >= 11 is 0. The third-order valence-electron chi connectivity index (χ3n) is 2.97. The molecule has 1 aromatic carbocycles. The zero-order valence-electron chi connectivity index (χ0n) is 9.99. The predicted octanol–water partition coefficient (Wildman–Crippen LogP) is 2.31. The van der Waals surface area contributed by atoms with Gasteiger partial charge in [-0.15, -0.1) is 0 Å². The summed E-state index contributed by atoms with van der Waals surface area (Å²) in [6.07, 6.45) is 2.77. The molecule has 0 unspecified atom stereocenters. The van der Waals surface area contributed by atoms with E-state index in [2.05, 4.69) is 0 Å². The summed E-state index contributed by atoms with van der Waals surface area (Å²) in [6, 6.07) is 5.65. The van der Waals surface area contributed by atoms with Crippen molar-refractivity contribution in [3.05, 3.63) is 34.9 Å². The highest BCUT2D eigenvalue weighted by molar-refractivity contribution is 5.98. The maximum absolute atomic E-state index is 11.6. The third-order valence-corrected chi connectivity index (χ3v) is 2.97. The van der Waals surface area contributed by atoms with Gasteiger partial charge >= 0.3 is 5.97 Å². The molecular formula is C14H16O3. The van der Waals surface area contributed by atoms with E-state index in [-0.39, 0.29) is 18.2 Å². The van der Waals surface area contributed by atoms with Crippen LogP contribution in [0.1, 0.15) is 41.3 Å². The van der Waals surface area contributed by atoms with Crippen molar-refractivity contribution >= 4 is 11.8 Å². The molecule has 0 radical (unpaired) electrons. The van der Waals surface area contributed by atoms with Crippen molar-refractivity contribution in [2.45, 2.75) is 32.6 Å². The van der Waals surface area contributed by atoms with E-state index in [4.69, 9.17) is 4.74 Å². The van der Waals surface area contributed by atoms with Gasteiger partial charge in [0.15, 0.2) is 5.78 Å². The Morgan fingerprint density at radius 1 is 1.35 bits per heavy atom. The summed E-state index contributed by atoms with van der Waals surface area (Å²) in [7, 11) is 0. The van der Waals surface area contributed by atoms with Crippen molar-refractivity contribution in [3.63, 3.8) is 0 Å². The monoisotopic (exact) mass is 232 g/mol. The molecular weight excluding hydrogens is 216 g/mol. The first kappa shape index (κ1) is 11.8. The minimum Gasteiger partial charge on any atom is -0.466 e. The standard InChI is InChI=1S/C14H16O3/c1-2-17-14(16)9-10-6-7-12-11(8-10)4-3-5-13(12)15/h6-8H,2-5,9H2,1H3. The third kappa shape index (κ3) is 2.73. The van der Waals surface area contributed by atoms with Gasteiger partial charge in [-0.2, -0.15) is 0 Å². The van der Waals surface area contributed by atoms with Crippen molar-refractivity contribution in [1.29, 1.82) is 0 Å². The average Bonchev–Trinajstić information content (AvgIpc) is 2.29. The Labute approximate surface area is 101 Å². The minimum atomic E-state index is -0.213. The van der Waals surface area contributed by atoms with Gasteiger partial charge in [-0.25, -0.2) is 0 Å². The molecule has 0 fully saturated rings. The Hall–Kier alpha value is -1.64. The second kappa shape index (κ2) is 5.13. The van der Waals surface area contributed by atoms with E-state index in [1.54, 1.807) is 6.92 Å². The second-order valence-electron chi connectivity index (χ2n) is 4.25. The Balaban J connectivity index is 2.16. The number of benzene rings is 1. The molecule has 1 aliphatic carbocycles. The van der Waals surface area contributed by atoms with Crippen LogP contribution in [-0.4, -0.2) is 18.4 Å². The first-order valence-electron chi connectivity index (χ1n) is 6.01. The van der Waals surface area contributed by atoms with Crippen LogP contribution in [0.25, 0.3) is 0 Å². The fourth-order valence-corrected chi connectivity index (χ4v) is 2.19. The van der Waals surface area contributed by atoms with Crippen LogP contribution in [0, 0.1) is 0 Å². The molecule has 1 aliphatic rings. The van der Waals surface area contributed by atoms with Crippen molar-refractivity contribution in [2.75, 3.05) is 6.61 Å². The lowest BCUT2D eigenvalue weighted by Gasteiger charge is -2.15. The van der Waals surface area contributed by atoms with Gasteiger partial charge in [0.25, 0.3) is 0 Å². The summed E-state index contributed by atoms with van der Waals surface area (Å²) < 4.78 is 4.91. The highest BCUT2D eigenvalue weighted by Gasteiger charge is 2.17. The van der Waals surface area contributed by atoms with Crippen LogP contribution in [0.15, 0.2) is 18.2 Å². The lowest BCUT2D eigenvalue weighted by atomic mass is 9.89. The highest BCUT2D eigenvalue weighted by atomic mass is 16.5. The molecule has 0 aromatic heterocycles. The number of carbonyl (C=O) groups is 2. The fraction of sp³-hybridized carbons (Fsp3) is 0.429. The summed E-state index contributed by atoms with van der Waals surface area (Å²) in [6.45, 7) is 2.20. The molecule has 90 valence electrons. The summed E-state index contributed by atoms with van der Waals surface area (Å²) in [5, 5.41) is 0. The quantitative estimate of drug-likeness (QED) is 0.751. The van der Waals surface area contributed by atoms with Crippen molar-refractivity contribution < 1.29 is 14.3 Å².